The van der Waals surface area contributed by atoms with Crippen LogP contribution in [0.3, 0.4) is 0 Å². The molecule has 0 radical (unpaired) electrons. The first-order valence-corrected chi connectivity index (χ1v) is 11.4. The molecule has 0 unspecified atom stereocenters. The Hall–Kier alpha value is -2.19. The fourth-order valence-electron chi connectivity index (χ4n) is 3.87. The second-order valence-electron chi connectivity index (χ2n) is 7.34. The molecule has 0 bridgehead atoms. The molecule has 5 nitrogen and oxygen atoms in total. The van der Waals surface area contributed by atoms with Crippen molar-refractivity contribution < 1.29 is 22.0 Å². The number of rotatable bonds is 6. The van der Waals surface area contributed by atoms with Gasteiger partial charge in [-0.1, -0.05) is 30.5 Å². The number of nitrogens with one attached hydrogen (secondary N) is 2. The Kier molecular flexibility index (Phi) is 6.14. The van der Waals surface area contributed by atoms with Crippen LogP contribution < -0.4 is 10.0 Å². The summed E-state index contributed by atoms with van der Waals surface area (Å²) in [4.78, 5) is 12.7. The number of benzene rings is 2. The summed E-state index contributed by atoms with van der Waals surface area (Å²) in [5.41, 5.74) is -0.542. The average molecular weight is 443 g/mol. The molecular weight excluding hydrogens is 422 g/mol. The van der Waals surface area contributed by atoms with Crippen LogP contribution in [0.1, 0.15) is 41.6 Å². The zero-order valence-corrected chi connectivity index (χ0v) is 17.3. The second-order valence-corrected chi connectivity index (χ2v) is 9.49. The van der Waals surface area contributed by atoms with E-state index in [-0.39, 0.29) is 28.4 Å². The van der Waals surface area contributed by atoms with E-state index >= 15 is 0 Å². The maximum Gasteiger partial charge on any atom is 0.251 e. The SMILES string of the molecule is CS(=O)(=O)Nc1cc(C(=O)NCC2(c3c(F)cccc3F)CCCC2)ccc1Cl. The number of hydrogen-bond acceptors (Lipinski definition) is 3. The monoisotopic (exact) mass is 442 g/mol. The Morgan fingerprint density at radius 3 is 2.34 bits per heavy atom. The zero-order valence-electron chi connectivity index (χ0n) is 15.8. The average Bonchev–Trinajstić information content (AvgIpc) is 3.10. The summed E-state index contributed by atoms with van der Waals surface area (Å²) in [5.74, 6) is -1.72. The van der Waals surface area contributed by atoms with Crippen LogP contribution in [0.5, 0.6) is 0 Å². The van der Waals surface area contributed by atoms with Crippen molar-refractivity contribution in [3.63, 3.8) is 0 Å². The Bertz CT molecular complexity index is 1020. The first-order valence-electron chi connectivity index (χ1n) is 9.11. The van der Waals surface area contributed by atoms with Crippen LogP contribution in [-0.4, -0.2) is 27.1 Å². The van der Waals surface area contributed by atoms with Gasteiger partial charge in [-0.2, -0.15) is 0 Å². The van der Waals surface area contributed by atoms with E-state index in [4.69, 9.17) is 11.6 Å². The number of carbonyl (C=O) groups is 1. The van der Waals surface area contributed by atoms with Crippen molar-refractivity contribution in [2.24, 2.45) is 0 Å². The number of amides is 1. The van der Waals surface area contributed by atoms with Crippen LogP contribution in [-0.2, 0) is 15.4 Å². The lowest BCUT2D eigenvalue weighted by molar-refractivity contribution is 0.0942. The fourth-order valence-corrected chi connectivity index (χ4v) is 4.66. The quantitative estimate of drug-likeness (QED) is 0.702. The highest BCUT2D eigenvalue weighted by molar-refractivity contribution is 7.92. The van der Waals surface area contributed by atoms with E-state index in [9.17, 15) is 22.0 Å². The summed E-state index contributed by atoms with van der Waals surface area (Å²) in [5, 5.41) is 2.90. The van der Waals surface area contributed by atoms with Crippen molar-refractivity contribution in [1.29, 1.82) is 0 Å². The minimum Gasteiger partial charge on any atom is -0.351 e. The third-order valence-corrected chi connectivity index (χ3v) is 6.09. The highest BCUT2D eigenvalue weighted by Gasteiger charge is 2.40. The van der Waals surface area contributed by atoms with E-state index in [1.807, 2.05) is 0 Å². The number of hydrogen-bond donors (Lipinski definition) is 2. The Morgan fingerprint density at radius 1 is 1.14 bits per heavy atom. The van der Waals surface area contributed by atoms with E-state index in [0.29, 0.717) is 12.8 Å². The van der Waals surface area contributed by atoms with E-state index in [0.717, 1.165) is 19.1 Å². The molecule has 2 aromatic rings. The molecule has 1 fully saturated rings. The van der Waals surface area contributed by atoms with Crippen molar-refractivity contribution in [2.75, 3.05) is 17.5 Å². The fraction of sp³-hybridized carbons (Fsp3) is 0.350. The molecule has 29 heavy (non-hydrogen) atoms. The van der Waals surface area contributed by atoms with Crippen LogP contribution in [0.15, 0.2) is 36.4 Å². The van der Waals surface area contributed by atoms with Gasteiger partial charge in [-0.25, -0.2) is 17.2 Å². The van der Waals surface area contributed by atoms with Crippen LogP contribution in [0, 0.1) is 11.6 Å². The minimum absolute atomic E-state index is 0.00772. The molecule has 1 aliphatic rings. The molecule has 0 heterocycles. The Morgan fingerprint density at radius 2 is 1.76 bits per heavy atom. The van der Waals surface area contributed by atoms with Crippen molar-refractivity contribution in [2.45, 2.75) is 31.1 Å². The molecule has 0 aromatic heterocycles. The topological polar surface area (TPSA) is 75.3 Å². The van der Waals surface area contributed by atoms with Crippen LogP contribution in [0.4, 0.5) is 14.5 Å². The number of sulfonamides is 1. The van der Waals surface area contributed by atoms with Crippen molar-refractivity contribution in [3.05, 3.63) is 64.2 Å². The summed E-state index contributed by atoms with van der Waals surface area (Å²) < 4.78 is 54.0. The van der Waals surface area contributed by atoms with Gasteiger partial charge in [0.15, 0.2) is 0 Å². The predicted molar refractivity (Wildman–Crippen MR) is 109 cm³/mol. The molecule has 0 aliphatic heterocycles. The molecule has 1 aliphatic carbocycles. The summed E-state index contributed by atoms with van der Waals surface area (Å²) in [6, 6.07) is 7.95. The smallest absolute Gasteiger partial charge is 0.251 e. The largest absolute Gasteiger partial charge is 0.351 e. The van der Waals surface area contributed by atoms with Gasteiger partial charge < -0.3 is 5.32 Å². The standard InChI is InChI=1S/C20H21ClF2N2O3S/c1-29(27,28)25-17-11-13(7-8-14(17)21)19(26)24-12-20(9-2-3-10-20)18-15(22)5-4-6-16(18)23/h4-8,11,25H,2-3,9-10,12H2,1H3,(H,24,26). The Balaban J connectivity index is 1.83. The molecule has 2 aromatic carbocycles. The minimum atomic E-state index is -3.57. The maximum absolute atomic E-state index is 14.4. The van der Waals surface area contributed by atoms with E-state index < -0.39 is 33.0 Å². The number of halogens is 3. The van der Waals surface area contributed by atoms with Crippen molar-refractivity contribution in [3.8, 4) is 0 Å². The first kappa shape index (κ1) is 21.5. The van der Waals surface area contributed by atoms with Gasteiger partial charge in [0.1, 0.15) is 11.6 Å². The lowest BCUT2D eigenvalue weighted by atomic mass is 9.78. The number of anilines is 1. The van der Waals surface area contributed by atoms with Gasteiger partial charge in [0, 0.05) is 23.1 Å². The molecule has 2 N–H and O–H groups in total. The highest BCUT2D eigenvalue weighted by Crippen LogP contribution is 2.42. The molecule has 0 spiro atoms. The van der Waals surface area contributed by atoms with Gasteiger partial charge in [0.2, 0.25) is 10.0 Å². The van der Waals surface area contributed by atoms with Gasteiger partial charge in [0.05, 0.1) is 17.0 Å². The zero-order chi connectivity index (χ0) is 21.2. The molecular formula is C20H21ClF2N2O3S. The van der Waals surface area contributed by atoms with Crippen LogP contribution in [0.2, 0.25) is 5.02 Å². The molecule has 9 heteroatoms. The second kappa shape index (κ2) is 8.28. The van der Waals surface area contributed by atoms with Gasteiger partial charge in [-0.15, -0.1) is 0 Å². The van der Waals surface area contributed by atoms with Gasteiger partial charge in [0.25, 0.3) is 5.91 Å². The normalized spacial score (nSPS) is 15.9. The summed E-state index contributed by atoms with van der Waals surface area (Å²) in [6.45, 7) is 0.0706. The summed E-state index contributed by atoms with van der Waals surface area (Å²) in [7, 11) is -3.57. The van der Waals surface area contributed by atoms with E-state index in [1.165, 1.54) is 36.4 Å². The van der Waals surface area contributed by atoms with Crippen LogP contribution >= 0.6 is 11.6 Å². The van der Waals surface area contributed by atoms with Gasteiger partial charge in [-0.05, 0) is 43.2 Å². The lowest BCUT2D eigenvalue weighted by Gasteiger charge is -2.30. The van der Waals surface area contributed by atoms with Gasteiger partial charge >= 0.3 is 0 Å². The third-order valence-electron chi connectivity index (χ3n) is 5.16. The summed E-state index contributed by atoms with van der Waals surface area (Å²) >= 11 is 5.98. The lowest BCUT2D eigenvalue weighted by Crippen LogP contribution is -2.40. The molecule has 0 saturated heterocycles. The van der Waals surface area contributed by atoms with Crippen molar-refractivity contribution >= 4 is 33.2 Å². The van der Waals surface area contributed by atoms with Gasteiger partial charge in [-0.3, -0.25) is 9.52 Å². The maximum atomic E-state index is 14.4. The Labute approximate surface area is 173 Å². The molecule has 1 saturated carbocycles. The number of carbonyl (C=O) groups excluding carboxylic acids is 1. The first-order chi connectivity index (χ1) is 13.6. The molecule has 156 valence electrons. The molecule has 0 atom stereocenters. The highest BCUT2D eigenvalue weighted by atomic mass is 35.5. The summed E-state index contributed by atoms with van der Waals surface area (Å²) in [6.07, 6.45) is 3.72. The van der Waals surface area contributed by atoms with E-state index in [2.05, 4.69) is 10.0 Å². The van der Waals surface area contributed by atoms with Crippen molar-refractivity contribution in [1.82, 2.24) is 5.32 Å². The molecule has 1 amide bonds. The third kappa shape index (κ3) is 4.87. The van der Waals surface area contributed by atoms with E-state index in [1.54, 1.807) is 0 Å². The predicted octanol–water partition coefficient (Wildman–Crippen LogP) is 4.23. The van der Waals surface area contributed by atoms with Crippen LogP contribution in [0.25, 0.3) is 0 Å². The molecule has 3 rings (SSSR count).